The molecule has 3 rings (SSSR count). The number of likely N-dealkylation sites (tertiary alicyclic amines) is 1. The van der Waals surface area contributed by atoms with E-state index in [0.717, 1.165) is 22.6 Å². The zero-order chi connectivity index (χ0) is 18.0. The van der Waals surface area contributed by atoms with Crippen molar-refractivity contribution in [1.82, 2.24) is 10.2 Å². The quantitative estimate of drug-likeness (QED) is 0.858. The molecule has 1 aliphatic heterocycles. The zero-order valence-corrected chi connectivity index (χ0v) is 15.2. The summed E-state index contributed by atoms with van der Waals surface area (Å²) in [7, 11) is 0. The summed E-state index contributed by atoms with van der Waals surface area (Å²) in [5.74, 6) is -1.27. The van der Waals surface area contributed by atoms with E-state index in [9.17, 15) is 14.4 Å². The van der Waals surface area contributed by atoms with E-state index >= 15 is 0 Å². The number of rotatable bonds is 4. The number of hydrogen-bond acceptors (Lipinski definition) is 4. The van der Waals surface area contributed by atoms with Gasteiger partial charge in [-0.15, -0.1) is 11.3 Å². The first-order valence-corrected chi connectivity index (χ1v) is 9.64. The highest BCUT2D eigenvalue weighted by atomic mass is 32.1. The largest absolute Gasteiger partial charge is 0.481 e. The Bertz CT molecular complexity index is 664. The maximum atomic E-state index is 12.6. The van der Waals surface area contributed by atoms with Crippen molar-refractivity contribution in [3.8, 4) is 0 Å². The van der Waals surface area contributed by atoms with Crippen molar-refractivity contribution in [2.75, 3.05) is 13.1 Å². The number of piperidine rings is 1. The molecule has 1 saturated heterocycles. The fraction of sp³-hybridized carbons (Fsp3) is 0.611. The molecule has 7 heteroatoms. The molecular formula is C18H24N2O4S. The van der Waals surface area contributed by atoms with Gasteiger partial charge in [0, 0.05) is 29.9 Å². The minimum Gasteiger partial charge on any atom is -0.481 e. The molecule has 2 fully saturated rings. The first-order chi connectivity index (χ1) is 11.9. The van der Waals surface area contributed by atoms with Crippen LogP contribution in [0.2, 0.25) is 0 Å². The molecule has 0 radical (unpaired) electrons. The van der Waals surface area contributed by atoms with Gasteiger partial charge in [0.1, 0.15) is 0 Å². The lowest BCUT2D eigenvalue weighted by molar-refractivity contribution is -0.141. The SMILES string of the molecule is Cc1ccc(C(=O)NC2CCN(C(=O)[C@@H]3CC[C@H](C(=O)O)C3)CC2)s1. The molecule has 0 spiro atoms. The molecule has 0 bridgehead atoms. The Morgan fingerprint density at radius 2 is 1.80 bits per heavy atom. The number of amides is 2. The first kappa shape index (κ1) is 17.9. The van der Waals surface area contributed by atoms with Crippen LogP contribution in [0.4, 0.5) is 0 Å². The van der Waals surface area contributed by atoms with Crippen molar-refractivity contribution in [3.05, 3.63) is 21.9 Å². The average Bonchev–Trinajstić information content (AvgIpc) is 3.24. The number of aryl methyl sites for hydroxylation is 1. The lowest BCUT2D eigenvalue weighted by atomic mass is 10.00. The molecule has 2 atom stereocenters. The topological polar surface area (TPSA) is 86.7 Å². The van der Waals surface area contributed by atoms with E-state index in [1.807, 2.05) is 24.0 Å². The van der Waals surface area contributed by atoms with Crippen LogP contribution in [-0.2, 0) is 9.59 Å². The standard InChI is InChI=1S/C18H24N2O4S/c1-11-2-5-15(25-11)16(21)19-14-6-8-20(9-7-14)17(22)12-3-4-13(10-12)18(23)24/h2,5,12-14H,3-4,6-10H2,1H3,(H,19,21)(H,23,24)/t12-,13+/m1/s1. The molecule has 2 heterocycles. The number of carbonyl (C=O) groups is 3. The summed E-state index contributed by atoms with van der Waals surface area (Å²) in [4.78, 5) is 39.5. The maximum absolute atomic E-state index is 12.6. The Morgan fingerprint density at radius 1 is 1.12 bits per heavy atom. The van der Waals surface area contributed by atoms with Crippen LogP contribution < -0.4 is 5.32 Å². The van der Waals surface area contributed by atoms with E-state index in [-0.39, 0.29) is 29.7 Å². The molecule has 0 unspecified atom stereocenters. The Hall–Kier alpha value is -1.89. The van der Waals surface area contributed by atoms with E-state index in [1.165, 1.54) is 11.3 Å². The van der Waals surface area contributed by atoms with E-state index in [0.29, 0.717) is 32.4 Å². The predicted molar refractivity (Wildman–Crippen MR) is 94.6 cm³/mol. The summed E-state index contributed by atoms with van der Waals surface area (Å²) in [6, 6.07) is 3.87. The summed E-state index contributed by atoms with van der Waals surface area (Å²) in [5.41, 5.74) is 0. The smallest absolute Gasteiger partial charge is 0.306 e. The molecule has 136 valence electrons. The van der Waals surface area contributed by atoms with Gasteiger partial charge in [0.2, 0.25) is 5.91 Å². The lowest BCUT2D eigenvalue weighted by Gasteiger charge is -2.33. The summed E-state index contributed by atoms with van der Waals surface area (Å²) in [6.07, 6.45) is 3.22. The van der Waals surface area contributed by atoms with Gasteiger partial charge in [-0.1, -0.05) is 0 Å². The van der Waals surface area contributed by atoms with Crippen LogP contribution in [0.3, 0.4) is 0 Å². The minimum atomic E-state index is -0.791. The molecule has 6 nitrogen and oxygen atoms in total. The third-order valence-electron chi connectivity index (χ3n) is 5.24. The van der Waals surface area contributed by atoms with Crippen molar-refractivity contribution in [3.63, 3.8) is 0 Å². The van der Waals surface area contributed by atoms with Crippen LogP contribution in [0.15, 0.2) is 12.1 Å². The second-order valence-corrected chi connectivity index (χ2v) is 8.32. The van der Waals surface area contributed by atoms with Crippen LogP contribution in [0.5, 0.6) is 0 Å². The van der Waals surface area contributed by atoms with Gasteiger partial charge in [-0.05, 0) is 51.2 Å². The van der Waals surface area contributed by atoms with Gasteiger partial charge < -0.3 is 15.3 Å². The number of hydrogen-bond donors (Lipinski definition) is 2. The molecule has 2 N–H and O–H groups in total. The second kappa shape index (κ2) is 7.56. The number of nitrogens with zero attached hydrogens (tertiary/aromatic N) is 1. The van der Waals surface area contributed by atoms with E-state index in [2.05, 4.69) is 5.32 Å². The zero-order valence-electron chi connectivity index (χ0n) is 14.4. The van der Waals surface area contributed by atoms with E-state index < -0.39 is 5.97 Å². The fourth-order valence-corrected chi connectivity index (χ4v) is 4.52. The Kier molecular flexibility index (Phi) is 5.42. The highest BCUT2D eigenvalue weighted by molar-refractivity contribution is 7.13. The number of aliphatic carboxylic acids is 1. The maximum Gasteiger partial charge on any atom is 0.306 e. The average molecular weight is 364 g/mol. The number of carboxylic acids is 1. The van der Waals surface area contributed by atoms with Crippen molar-refractivity contribution in [2.24, 2.45) is 11.8 Å². The van der Waals surface area contributed by atoms with Crippen molar-refractivity contribution < 1.29 is 19.5 Å². The number of nitrogens with one attached hydrogen (secondary N) is 1. The summed E-state index contributed by atoms with van der Waals surface area (Å²) in [5, 5.41) is 12.1. The summed E-state index contributed by atoms with van der Waals surface area (Å²) >= 11 is 1.48. The van der Waals surface area contributed by atoms with Gasteiger partial charge in [0.15, 0.2) is 0 Å². The molecule has 0 aromatic carbocycles. The van der Waals surface area contributed by atoms with Crippen molar-refractivity contribution >= 4 is 29.1 Å². The molecule has 2 amide bonds. The normalized spacial score (nSPS) is 24.3. The van der Waals surface area contributed by atoms with Crippen LogP contribution in [0, 0.1) is 18.8 Å². The fourth-order valence-electron chi connectivity index (χ4n) is 3.75. The monoisotopic (exact) mass is 364 g/mol. The molecule has 1 aromatic rings. The van der Waals surface area contributed by atoms with Gasteiger partial charge in [-0.2, -0.15) is 0 Å². The molecular weight excluding hydrogens is 340 g/mol. The summed E-state index contributed by atoms with van der Waals surface area (Å²) in [6.45, 7) is 3.23. The number of carboxylic acid groups (broad SMARTS) is 1. The second-order valence-electron chi connectivity index (χ2n) is 7.03. The van der Waals surface area contributed by atoms with Crippen LogP contribution in [0.25, 0.3) is 0 Å². The van der Waals surface area contributed by atoms with Crippen LogP contribution in [-0.4, -0.2) is 46.9 Å². The molecule has 1 saturated carbocycles. The van der Waals surface area contributed by atoms with Gasteiger partial charge in [0.05, 0.1) is 10.8 Å². The highest BCUT2D eigenvalue weighted by Crippen LogP contribution is 2.33. The van der Waals surface area contributed by atoms with Gasteiger partial charge >= 0.3 is 5.97 Å². The lowest BCUT2D eigenvalue weighted by Crippen LogP contribution is -2.47. The van der Waals surface area contributed by atoms with Gasteiger partial charge in [-0.25, -0.2) is 0 Å². The third kappa shape index (κ3) is 4.21. The van der Waals surface area contributed by atoms with E-state index in [4.69, 9.17) is 5.11 Å². The Labute approximate surface area is 151 Å². The number of thiophene rings is 1. The van der Waals surface area contributed by atoms with Gasteiger partial charge in [0.25, 0.3) is 5.91 Å². The van der Waals surface area contributed by atoms with Crippen LogP contribution in [0.1, 0.15) is 46.7 Å². The van der Waals surface area contributed by atoms with Crippen molar-refractivity contribution in [1.29, 1.82) is 0 Å². The molecule has 2 aliphatic rings. The first-order valence-electron chi connectivity index (χ1n) is 8.83. The van der Waals surface area contributed by atoms with Crippen LogP contribution >= 0.6 is 11.3 Å². The highest BCUT2D eigenvalue weighted by Gasteiger charge is 2.36. The third-order valence-corrected chi connectivity index (χ3v) is 6.24. The number of carbonyl (C=O) groups excluding carboxylic acids is 2. The van der Waals surface area contributed by atoms with Gasteiger partial charge in [-0.3, -0.25) is 14.4 Å². The minimum absolute atomic E-state index is 0.0389. The van der Waals surface area contributed by atoms with E-state index in [1.54, 1.807) is 0 Å². The molecule has 1 aliphatic carbocycles. The molecule has 25 heavy (non-hydrogen) atoms. The Balaban J connectivity index is 1.46. The molecule has 1 aromatic heterocycles. The predicted octanol–water partition coefficient (Wildman–Crippen LogP) is 2.28. The summed E-state index contributed by atoms with van der Waals surface area (Å²) < 4.78 is 0. The Morgan fingerprint density at radius 3 is 2.36 bits per heavy atom. The van der Waals surface area contributed by atoms with Crippen molar-refractivity contribution in [2.45, 2.75) is 45.1 Å².